The van der Waals surface area contributed by atoms with E-state index >= 15 is 0 Å². The van der Waals surface area contributed by atoms with Crippen molar-refractivity contribution in [2.75, 3.05) is 12.3 Å². The molecule has 1 fully saturated rings. The van der Waals surface area contributed by atoms with Crippen LogP contribution in [0.25, 0.3) is 11.2 Å². The summed E-state index contributed by atoms with van der Waals surface area (Å²) >= 11 is 0. The highest BCUT2D eigenvalue weighted by molar-refractivity contribution is 5.70. The average Bonchev–Trinajstić information content (AvgIpc) is 2.82. The number of aromatic nitrogens is 4. The molecule has 5 N–H and O–H groups in total. The maximum Gasteiger partial charge on any atom is 0.280 e. The number of hydrogen-bond donors (Lipinski definition) is 4. The summed E-state index contributed by atoms with van der Waals surface area (Å²) in [5.41, 5.74) is 4.48. The molecule has 0 aliphatic carbocycles. The molecule has 0 aromatic carbocycles. The molecule has 3 atom stereocenters. The van der Waals surface area contributed by atoms with E-state index < -0.39 is 29.6 Å². The zero-order valence-electron chi connectivity index (χ0n) is 11.7. The lowest BCUT2D eigenvalue weighted by Gasteiger charge is -2.17. The molecular formula is C12H15N5O5. The standard InChI is InChI=1S/C12H15N5O5/c1-4-11(21)17(7-2-5(19)6(3-18)22-7)9-8(14-4)10(20)16-12(13)15-9/h5-7,18-19H,2-3H2,1H3,(H3,13,15,16,20)/t5-,6-,7-/m0/s1. The Morgan fingerprint density at radius 3 is 2.82 bits per heavy atom. The number of rotatable bonds is 2. The minimum atomic E-state index is -0.926. The number of ether oxygens (including phenoxy) is 1. The van der Waals surface area contributed by atoms with Crippen LogP contribution in [0.2, 0.25) is 0 Å². The van der Waals surface area contributed by atoms with E-state index in [1.165, 1.54) is 6.92 Å². The minimum Gasteiger partial charge on any atom is -0.394 e. The van der Waals surface area contributed by atoms with E-state index in [2.05, 4.69) is 15.0 Å². The third kappa shape index (κ3) is 2.17. The molecule has 10 heteroatoms. The fourth-order valence-corrected chi connectivity index (χ4v) is 2.53. The van der Waals surface area contributed by atoms with Gasteiger partial charge in [-0.15, -0.1) is 0 Å². The van der Waals surface area contributed by atoms with Crippen molar-refractivity contribution in [2.24, 2.45) is 0 Å². The van der Waals surface area contributed by atoms with Crippen molar-refractivity contribution in [3.05, 3.63) is 26.4 Å². The predicted octanol–water partition coefficient (Wildman–Crippen LogP) is -1.99. The molecule has 0 bridgehead atoms. The van der Waals surface area contributed by atoms with Gasteiger partial charge >= 0.3 is 0 Å². The Labute approximate surface area is 123 Å². The fraction of sp³-hybridized carbons (Fsp3) is 0.500. The molecule has 10 nitrogen and oxygen atoms in total. The number of aromatic amines is 1. The summed E-state index contributed by atoms with van der Waals surface area (Å²) in [4.78, 5) is 34.5. The van der Waals surface area contributed by atoms with Gasteiger partial charge in [0.25, 0.3) is 11.1 Å². The van der Waals surface area contributed by atoms with Gasteiger partial charge in [-0.1, -0.05) is 0 Å². The Morgan fingerprint density at radius 1 is 1.45 bits per heavy atom. The molecule has 2 aromatic rings. The molecule has 0 spiro atoms. The third-order valence-electron chi connectivity index (χ3n) is 3.60. The van der Waals surface area contributed by atoms with Crippen molar-refractivity contribution < 1.29 is 14.9 Å². The van der Waals surface area contributed by atoms with Gasteiger partial charge in [0.05, 0.1) is 12.7 Å². The molecule has 0 amide bonds. The van der Waals surface area contributed by atoms with Gasteiger partial charge < -0.3 is 20.7 Å². The van der Waals surface area contributed by atoms with Crippen LogP contribution < -0.4 is 16.9 Å². The van der Waals surface area contributed by atoms with Crippen molar-refractivity contribution in [3.8, 4) is 0 Å². The van der Waals surface area contributed by atoms with Crippen LogP contribution in [-0.4, -0.2) is 48.5 Å². The summed E-state index contributed by atoms with van der Waals surface area (Å²) in [6.45, 7) is 1.08. The van der Waals surface area contributed by atoms with Crippen LogP contribution in [-0.2, 0) is 4.74 Å². The Hall–Kier alpha value is -2.30. The predicted molar refractivity (Wildman–Crippen MR) is 75.2 cm³/mol. The van der Waals surface area contributed by atoms with Gasteiger partial charge in [-0.25, -0.2) is 4.98 Å². The molecule has 3 heterocycles. The maximum absolute atomic E-state index is 12.4. The molecule has 1 aliphatic heterocycles. The SMILES string of the molecule is Cc1nc2c(=O)[nH]c(N)nc2n([C@@H]2C[C@H](O)[C@H](CO)O2)c1=O. The monoisotopic (exact) mass is 309 g/mol. The summed E-state index contributed by atoms with van der Waals surface area (Å²) in [6, 6.07) is 0. The lowest BCUT2D eigenvalue weighted by Crippen LogP contribution is -2.31. The van der Waals surface area contributed by atoms with E-state index in [-0.39, 0.29) is 35.8 Å². The van der Waals surface area contributed by atoms with E-state index in [0.29, 0.717) is 0 Å². The first-order chi connectivity index (χ1) is 10.4. The van der Waals surface area contributed by atoms with Crippen LogP contribution in [0.1, 0.15) is 18.3 Å². The molecule has 0 saturated carbocycles. The number of hydrogen-bond acceptors (Lipinski definition) is 8. The highest BCUT2D eigenvalue weighted by Gasteiger charge is 2.36. The number of nitrogens with one attached hydrogen (secondary N) is 1. The van der Waals surface area contributed by atoms with Gasteiger partial charge in [-0.3, -0.25) is 19.1 Å². The first-order valence-corrected chi connectivity index (χ1v) is 6.65. The lowest BCUT2D eigenvalue weighted by atomic mass is 10.2. The molecule has 22 heavy (non-hydrogen) atoms. The van der Waals surface area contributed by atoms with Gasteiger partial charge in [0.1, 0.15) is 18.0 Å². The number of nitrogens with zero attached hydrogens (tertiary/aromatic N) is 3. The first-order valence-electron chi connectivity index (χ1n) is 6.65. The molecule has 118 valence electrons. The molecule has 3 rings (SSSR count). The van der Waals surface area contributed by atoms with E-state index in [1.54, 1.807) is 0 Å². The van der Waals surface area contributed by atoms with Crippen molar-refractivity contribution in [2.45, 2.75) is 31.8 Å². The van der Waals surface area contributed by atoms with E-state index in [0.717, 1.165) is 4.57 Å². The van der Waals surface area contributed by atoms with Crippen molar-refractivity contribution in [1.29, 1.82) is 0 Å². The first kappa shape index (κ1) is 14.6. The van der Waals surface area contributed by atoms with Crippen molar-refractivity contribution in [3.63, 3.8) is 0 Å². The van der Waals surface area contributed by atoms with Gasteiger partial charge in [-0.2, -0.15) is 4.98 Å². The molecular weight excluding hydrogens is 294 g/mol. The Balaban J connectivity index is 2.27. The van der Waals surface area contributed by atoms with Crippen molar-refractivity contribution >= 4 is 17.1 Å². The van der Waals surface area contributed by atoms with E-state index in [9.17, 15) is 14.7 Å². The molecule has 0 unspecified atom stereocenters. The zero-order chi connectivity index (χ0) is 16.0. The number of aryl methyl sites for hydroxylation is 1. The molecule has 1 saturated heterocycles. The largest absolute Gasteiger partial charge is 0.394 e. The van der Waals surface area contributed by atoms with Gasteiger partial charge in [-0.05, 0) is 6.92 Å². The smallest absolute Gasteiger partial charge is 0.280 e. The summed E-state index contributed by atoms with van der Waals surface area (Å²) in [7, 11) is 0. The van der Waals surface area contributed by atoms with Crippen LogP contribution in [0.4, 0.5) is 5.95 Å². The number of aliphatic hydroxyl groups is 2. The van der Waals surface area contributed by atoms with Crippen LogP contribution in [0.5, 0.6) is 0 Å². The maximum atomic E-state index is 12.4. The number of nitrogens with two attached hydrogens (primary N) is 1. The quantitative estimate of drug-likeness (QED) is 0.496. The average molecular weight is 309 g/mol. The number of nitrogen functional groups attached to an aromatic ring is 1. The summed E-state index contributed by atoms with van der Waals surface area (Å²) in [5, 5.41) is 19.0. The van der Waals surface area contributed by atoms with E-state index in [4.69, 9.17) is 15.6 Å². The number of H-pyrrole nitrogens is 1. The Kier molecular flexibility index (Phi) is 3.43. The molecule has 1 aliphatic rings. The minimum absolute atomic E-state index is 0.0207. The highest BCUT2D eigenvalue weighted by atomic mass is 16.5. The number of fused-ring (bicyclic) bond motifs is 1. The second kappa shape index (κ2) is 5.16. The highest BCUT2D eigenvalue weighted by Crippen LogP contribution is 2.28. The van der Waals surface area contributed by atoms with E-state index in [1.807, 2.05) is 0 Å². The third-order valence-corrected chi connectivity index (χ3v) is 3.60. The zero-order valence-corrected chi connectivity index (χ0v) is 11.7. The molecule has 2 aromatic heterocycles. The van der Waals surface area contributed by atoms with Crippen LogP contribution >= 0.6 is 0 Å². The summed E-state index contributed by atoms with van der Waals surface area (Å²) < 4.78 is 6.62. The Morgan fingerprint density at radius 2 is 2.18 bits per heavy atom. The van der Waals surface area contributed by atoms with Gasteiger partial charge in [0.15, 0.2) is 11.2 Å². The summed E-state index contributed by atoms with van der Waals surface area (Å²) in [6.07, 6.45) is -2.51. The van der Waals surface area contributed by atoms with Gasteiger partial charge in [0.2, 0.25) is 5.95 Å². The van der Waals surface area contributed by atoms with Gasteiger partial charge in [0, 0.05) is 6.42 Å². The van der Waals surface area contributed by atoms with Crippen molar-refractivity contribution in [1.82, 2.24) is 19.5 Å². The van der Waals surface area contributed by atoms with Crippen LogP contribution in [0.3, 0.4) is 0 Å². The van der Waals surface area contributed by atoms with Crippen LogP contribution in [0.15, 0.2) is 9.59 Å². The lowest BCUT2D eigenvalue weighted by molar-refractivity contribution is -0.0442. The normalized spacial score (nSPS) is 25.0. The second-order valence-corrected chi connectivity index (χ2v) is 5.11. The van der Waals surface area contributed by atoms with Crippen LogP contribution in [0, 0.1) is 6.92 Å². The Bertz CT molecular complexity index is 844. The summed E-state index contributed by atoms with van der Waals surface area (Å²) in [5.74, 6) is -0.159. The number of aliphatic hydroxyl groups excluding tert-OH is 2. The topological polar surface area (TPSA) is 156 Å². The number of anilines is 1. The second-order valence-electron chi connectivity index (χ2n) is 5.11. The fourth-order valence-electron chi connectivity index (χ4n) is 2.53. The molecule has 0 radical (unpaired) electrons.